The van der Waals surface area contributed by atoms with E-state index in [1.807, 2.05) is 0 Å². The van der Waals surface area contributed by atoms with Gasteiger partial charge in [0.05, 0.1) is 0 Å². The van der Waals surface area contributed by atoms with Crippen LogP contribution in [0, 0.1) is 34.0 Å². The molecule has 1 heteroatoms. The fourth-order valence-electron chi connectivity index (χ4n) is 6.92. The first-order valence-corrected chi connectivity index (χ1v) is 8.89. The molecular weight excluding hydrogens is 256 g/mol. The van der Waals surface area contributed by atoms with Crippen LogP contribution in [0.5, 0.6) is 0 Å². The van der Waals surface area contributed by atoms with Crippen molar-refractivity contribution in [2.24, 2.45) is 34.0 Å². The summed E-state index contributed by atoms with van der Waals surface area (Å²) in [4.78, 5) is 11.8. The normalized spacial score (nSPS) is 49.1. The maximum atomic E-state index is 11.8. The standard InChI is InChI=1S/C20H32O/c1-14-7-8-17-19(4,15(14)13-21)12-9-16-18(2,3)10-6-11-20(16,17)5/h13,15-17H,1,6-12H2,2-5H3/t15-,16+,17+,19+,20+/m1/s1. The van der Waals surface area contributed by atoms with Gasteiger partial charge in [0, 0.05) is 5.92 Å². The molecule has 0 aromatic carbocycles. The Hall–Kier alpha value is -0.590. The van der Waals surface area contributed by atoms with E-state index in [-0.39, 0.29) is 11.3 Å². The fraction of sp³-hybridized carbons (Fsp3) is 0.850. The topological polar surface area (TPSA) is 17.1 Å². The molecule has 0 unspecified atom stereocenters. The van der Waals surface area contributed by atoms with Gasteiger partial charge in [-0.2, -0.15) is 0 Å². The van der Waals surface area contributed by atoms with Gasteiger partial charge in [-0.25, -0.2) is 0 Å². The van der Waals surface area contributed by atoms with Crippen molar-refractivity contribution in [1.82, 2.24) is 0 Å². The van der Waals surface area contributed by atoms with Crippen LogP contribution in [0.3, 0.4) is 0 Å². The zero-order chi connectivity index (χ0) is 15.5. The molecule has 118 valence electrons. The second kappa shape index (κ2) is 4.70. The van der Waals surface area contributed by atoms with Crippen molar-refractivity contribution in [1.29, 1.82) is 0 Å². The van der Waals surface area contributed by atoms with Crippen LogP contribution in [0.15, 0.2) is 12.2 Å². The summed E-state index contributed by atoms with van der Waals surface area (Å²) in [6.45, 7) is 14.1. The minimum atomic E-state index is 0.0964. The number of hydrogen-bond donors (Lipinski definition) is 0. The monoisotopic (exact) mass is 288 g/mol. The second-order valence-electron chi connectivity index (χ2n) is 9.31. The summed E-state index contributed by atoms with van der Waals surface area (Å²) in [5.74, 6) is 1.62. The van der Waals surface area contributed by atoms with E-state index in [9.17, 15) is 4.79 Å². The van der Waals surface area contributed by atoms with E-state index in [2.05, 4.69) is 34.3 Å². The van der Waals surface area contributed by atoms with Crippen molar-refractivity contribution in [3.8, 4) is 0 Å². The summed E-state index contributed by atoms with van der Waals surface area (Å²) < 4.78 is 0. The third-order valence-electron chi connectivity index (χ3n) is 7.88. The van der Waals surface area contributed by atoms with Gasteiger partial charge in [-0.3, -0.25) is 0 Å². The van der Waals surface area contributed by atoms with E-state index in [4.69, 9.17) is 0 Å². The first kappa shape index (κ1) is 15.3. The maximum Gasteiger partial charge on any atom is 0.127 e. The second-order valence-corrected chi connectivity index (χ2v) is 9.31. The molecule has 0 spiro atoms. The van der Waals surface area contributed by atoms with Crippen LogP contribution in [-0.4, -0.2) is 6.29 Å². The number of aldehydes is 1. The van der Waals surface area contributed by atoms with Gasteiger partial charge in [0.25, 0.3) is 0 Å². The van der Waals surface area contributed by atoms with E-state index in [1.165, 1.54) is 50.4 Å². The molecule has 3 saturated carbocycles. The number of hydrogen-bond acceptors (Lipinski definition) is 1. The average Bonchev–Trinajstić information content (AvgIpc) is 2.36. The summed E-state index contributed by atoms with van der Waals surface area (Å²) in [6, 6.07) is 0. The lowest BCUT2D eigenvalue weighted by Crippen LogP contribution is -2.58. The van der Waals surface area contributed by atoms with E-state index >= 15 is 0 Å². The Bertz CT molecular complexity index is 462. The van der Waals surface area contributed by atoms with Gasteiger partial charge in [-0.1, -0.05) is 46.3 Å². The molecule has 5 atom stereocenters. The largest absolute Gasteiger partial charge is 0.303 e. The van der Waals surface area contributed by atoms with Crippen molar-refractivity contribution < 1.29 is 4.79 Å². The van der Waals surface area contributed by atoms with Crippen LogP contribution in [0.1, 0.15) is 72.6 Å². The highest BCUT2D eigenvalue weighted by atomic mass is 16.1. The number of fused-ring (bicyclic) bond motifs is 3. The molecule has 3 aliphatic carbocycles. The van der Waals surface area contributed by atoms with E-state index in [1.54, 1.807) is 0 Å². The van der Waals surface area contributed by atoms with Crippen molar-refractivity contribution in [2.75, 3.05) is 0 Å². The molecule has 0 aromatic heterocycles. The lowest BCUT2D eigenvalue weighted by molar-refractivity contribution is -0.156. The van der Waals surface area contributed by atoms with Gasteiger partial charge in [-0.15, -0.1) is 0 Å². The quantitative estimate of drug-likeness (QED) is 0.466. The Morgan fingerprint density at radius 2 is 1.71 bits per heavy atom. The lowest BCUT2D eigenvalue weighted by atomic mass is 9.39. The molecule has 0 aromatic rings. The molecule has 0 radical (unpaired) electrons. The number of carbonyl (C=O) groups excluding carboxylic acids is 1. The van der Waals surface area contributed by atoms with Gasteiger partial charge in [0.15, 0.2) is 0 Å². The number of rotatable bonds is 1. The first-order chi connectivity index (χ1) is 9.75. The van der Waals surface area contributed by atoms with Crippen molar-refractivity contribution in [3.63, 3.8) is 0 Å². The Labute approximate surface area is 130 Å². The minimum Gasteiger partial charge on any atom is -0.303 e. The van der Waals surface area contributed by atoms with Gasteiger partial charge >= 0.3 is 0 Å². The average molecular weight is 288 g/mol. The molecule has 0 aliphatic heterocycles. The molecule has 3 rings (SSSR count). The molecule has 0 amide bonds. The molecule has 3 fully saturated rings. The lowest BCUT2D eigenvalue weighted by Gasteiger charge is -2.65. The molecule has 0 bridgehead atoms. The Morgan fingerprint density at radius 1 is 1.00 bits per heavy atom. The summed E-state index contributed by atoms with van der Waals surface area (Å²) in [5.41, 5.74) is 2.26. The summed E-state index contributed by atoms with van der Waals surface area (Å²) in [7, 11) is 0. The smallest absolute Gasteiger partial charge is 0.127 e. The maximum absolute atomic E-state index is 11.8. The highest BCUT2D eigenvalue weighted by molar-refractivity contribution is 5.61. The van der Waals surface area contributed by atoms with E-state index in [0.717, 1.165) is 12.3 Å². The number of allylic oxidation sites excluding steroid dienone is 1. The zero-order valence-electron chi connectivity index (χ0n) is 14.4. The SMILES string of the molecule is C=C1CC[C@H]2[C@@](C)(CC[C@H]3C(C)(C)CCC[C@]23C)[C@@H]1C=O. The summed E-state index contributed by atoms with van der Waals surface area (Å²) in [6.07, 6.45) is 10.1. The molecule has 3 aliphatic rings. The highest BCUT2D eigenvalue weighted by Crippen LogP contribution is 2.68. The van der Waals surface area contributed by atoms with E-state index < -0.39 is 0 Å². The fourth-order valence-corrected chi connectivity index (χ4v) is 6.92. The van der Waals surface area contributed by atoms with Crippen LogP contribution in [0.2, 0.25) is 0 Å². The first-order valence-electron chi connectivity index (χ1n) is 8.89. The molecule has 0 N–H and O–H groups in total. The van der Waals surface area contributed by atoms with Crippen LogP contribution >= 0.6 is 0 Å². The van der Waals surface area contributed by atoms with Gasteiger partial charge < -0.3 is 4.79 Å². The Morgan fingerprint density at radius 3 is 2.38 bits per heavy atom. The number of carbonyl (C=O) groups is 1. The predicted molar refractivity (Wildman–Crippen MR) is 88.0 cm³/mol. The molecule has 1 nitrogen and oxygen atoms in total. The minimum absolute atomic E-state index is 0.0964. The van der Waals surface area contributed by atoms with Crippen molar-refractivity contribution in [3.05, 3.63) is 12.2 Å². The van der Waals surface area contributed by atoms with Gasteiger partial charge in [0.1, 0.15) is 6.29 Å². The Kier molecular flexibility index (Phi) is 3.43. The molecule has 21 heavy (non-hydrogen) atoms. The Balaban J connectivity index is 2.02. The van der Waals surface area contributed by atoms with Crippen molar-refractivity contribution in [2.45, 2.75) is 72.6 Å². The summed E-state index contributed by atoms with van der Waals surface area (Å²) >= 11 is 0. The van der Waals surface area contributed by atoms with Crippen LogP contribution < -0.4 is 0 Å². The predicted octanol–water partition coefficient (Wildman–Crippen LogP) is 5.40. The van der Waals surface area contributed by atoms with Crippen LogP contribution in [0.25, 0.3) is 0 Å². The van der Waals surface area contributed by atoms with E-state index in [0.29, 0.717) is 16.7 Å². The third-order valence-corrected chi connectivity index (χ3v) is 7.88. The van der Waals surface area contributed by atoms with Gasteiger partial charge in [0.2, 0.25) is 0 Å². The molecule has 0 heterocycles. The van der Waals surface area contributed by atoms with Gasteiger partial charge in [-0.05, 0) is 66.6 Å². The molecule has 0 saturated heterocycles. The molecular formula is C20H32O. The third kappa shape index (κ3) is 1.99. The summed E-state index contributed by atoms with van der Waals surface area (Å²) in [5, 5.41) is 0. The van der Waals surface area contributed by atoms with Crippen LogP contribution in [0.4, 0.5) is 0 Å². The van der Waals surface area contributed by atoms with Crippen molar-refractivity contribution >= 4 is 6.29 Å². The highest BCUT2D eigenvalue weighted by Gasteiger charge is 2.61. The van der Waals surface area contributed by atoms with Crippen LogP contribution in [-0.2, 0) is 4.79 Å². The zero-order valence-corrected chi connectivity index (χ0v) is 14.4.